The molecule has 1 aliphatic heterocycles. The number of rotatable bonds is 43. The van der Waals surface area contributed by atoms with E-state index < -0.39 is 49.5 Å². The number of nitrogens with one attached hydrogen (secondary N) is 1. The second-order valence-corrected chi connectivity index (χ2v) is 17.9. The summed E-state index contributed by atoms with van der Waals surface area (Å²) in [6.07, 6.45) is 50.8. The van der Waals surface area contributed by atoms with E-state index in [9.17, 15) is 30.3 Å². The summed E-state index contributed by atoms with van der Waals surface area (Å²) < 4.78 is 11.3. The molecule has 0 spiro atoms. The van der Waals surface area contributed by atoms with Crippen molar-refractivity contribution >= 4 is 5.91 Å². The van der Waals surface area contributed by atoms with Crippen molar-refractivity contribution in [1.82, 2.24) is 5.32 Å². The van der Waals surface area contributed by atoms with Crippen molar-refractivity contribution in [3.05, 3.63) is 60.8 Å². The fourth-order valence-electron chi connectivity index (χ4n) is 8.01. The minimum Gasteiger partial charge on any atom is -0.394 e. The van der Waals surface area contributed by atoms with Crippen LogP contribution in [0, 0.1) is 0 Å². The number of allylic oxidation sites excluding steroid dienone is 10. The van der Waals surface area contributed by atoms with Crippen LogP contribution in [0.3, 0.4) is 0 Å². The van der Waals surface area contributed by atoms with Gasteiger partial charge in [-0.1, -0.05) is 216 Å². The second-order valence-electron chi connectivity index (χ2n) is 17.9. The number of unbranched alkanes of at least 4 members (excludes halogenated alkanes) is 23. The molecule has 0 aromatic carbocycles. The zero-order valence-corrected chi connectivity index (χ0v) is 40.3. The Labute approximate surface area is 386 Å². The molecule has 1 aliphatic rings. The quantitative estimate of drug-likeness (QED) is 0.0262. The zero-order valence-electron chi connectivity index (χ0n) is 40.3. The molecule has 7 unspecified atom stereocenters. The summed E-state index contributed by atoms with van der Waals surface area (Å²) in [5.74, 6) is -0.157. The summed E-state index contributed by atoms with van der Waals surface area (Å²) in [6.45, 7) is 3.72. The molecule has 1 rings (SSSR count). The number of carbonyl (C=O) groups excluding carboxylic acids is 1. The number of hydrogen-bond donors (Lipinski definition) is 6. The van der Waals surface area contributed by atoms with Crippen LogP contribution in [0.5, 0.6) is 0 Å². The summed E-state index contributed by atoms with van der Waals surface area (Å²) >= 11 is 0. The van der Waals surface area contributed by atoms with Gasteiger partial charge in [-0.2, -0.15) is 0 Å². The molecule has 6 N–H and O–H groups in total. The van der Waals surface area contributed by atoms with Gasteiger partial charge in [-0.05, 0) is 57.8 Å². The van der Waals surface area contributed by atoms with Crippen LogP contribution in [-0.4, -0.2) is 87.5 Å². The Bertz CT molecular complexity index is 1170. The van der Waals surface area contributed by atoms with E-state index in [0.29, 0.717) is 12.8 Å². The van der Waals surface area contributed by atoms with Gasteiger partial charge in [-0.15, -0.1) is 0 Å². The van der Waals surface area contributed by atoms with Gasteiger partial charge in [0, 0.05) is 6.42 Å². The number of hydrogen-bond acceptors (Lipinski definition) is 8. The van der Waals surface area contributed by atoms with E-state index in [-0.39, 0.29) is 12.5 Å². The van der Waals surface area contributed by atoms with Gasteiger partial charge < -0.3 is 40.3 Å². The maximum atomic E-state index is 13.0. The minimum absolute atomic E-state index is 0.145. The molecular weight excluding hydrogens is 791 g/mol. The van der Waals surface area contributed by atoms with Crippen LogP contribution >= 0.6 is 0 Å². The van der Waals surface area contributed by atoms with Gasteiger partial charge in [0.05, 0.1) is 25.4 Å². The van der Waals surface area contributed by atoms with E-state index in [4.69, 9.17) is 9.47 Å². The molecule has 9 heteroatoms. The Hall–Kier alpha value is -2.11. The smallest absolute Gasteiger partial charge is 0.220 e. The highest BCUT2D eigenvalue weighted by atomic mass is 16.7. The molecule has 366 valence electrons. The molecule has 1 saturated heterocycles. The maximum Gasteiger partial charge on any atom is 0.220 e. The van der Waals surface area contributed by atoms with Crippen LogP contribution in [0.15, 0.2) is 60.8 Å². The Balaban J connectivity index is 2.28. The zero-order chi connectivity index (χ0) is 45.9. The molecule has 0 bridgehead atoms. The van der Waals surface area contributed by atoms with Crippen LogP contribution in [-0.2, 0) is 14.3 Å². The summed E-state index contributed by atoms with van der Waals surface area (Å²) in [7, 11) is 0. The normalized spacial score (nSPS) is 20.7. The molecular formula is C54H97NO8. The van der Waals surface area contributed by atoms with Crippen molar-refractivity contribution in [2.75, 3.05) is 13.2 Å². The Morgan fingerprint density at radius 2 is 0.984 bits per heavy atom. The van der Waals surface area contributed by atoms with E-state index in [1.54, 1.807) is 0 Å². The van der Waals surface area contributed by atoms with Gasteiger partial charge in [0.25, 0.3) is 0 Å². The Kier molecular flexibility index (Phi) is 40.9. The topological polar surface area (TPSA) is 149 Å². The standard InChI is InChI=1S/C54H97NO8/c1-3-5-7-9-11-13-15-17-19-21-22-23-24-25-26-28-30-32-34-36-38-40-42-44-50(58)55-47(46-62-54-53(61)52(60)51(59)49(45-56)63-54)48(57)43-41-39-37-35-33-31-29-27-20-18-16-14-12-10-8-6-4-2/h5,7,11,13,17,19,22-23,25-26,47-49,51-54,56-57,59-61H,3-4,6,8-10,12,14-16,18,20-21,24,27-46H2,1-2H3,(H,55,58)/b7-5-,13-11-,19-17-,23-22-,26-25-. The minimum atomic E-state index is -1.56. The van der Waals surface area contributed by atoms with E-state index in [2.05, 4.69) is 79.9 Å². The lowest BCUT2D eigenvalue weighted by Crippen LogP contribution is -2.60. The number of carbonyl (C=O) groups is 1. The molecule has 1 fully saturated rings. The lowest BCUT2D eigenvalue weighted by atomic mass is 9.99. The fraction of sp³-hybridized carbons (Fsp3) is 0.796. The predicted octanol–water partition coefficient (Wildman–Crippen LogP) is 12.0. The third-order valence-corrected chi connectivity index (χ3v) is 12.1. The van der Waals surface area contributed by atoms with Crippen LogP contribution in [0.4, 0.5) is 0 Å². The Morgan fingerprint density at radius 1 is 0.556 bits per heavy atom. The third kappa shape index (κ3) is 33.9. The maximum absolute atomic E-state index is 13.0. The number of aliphatic hydroxyl groups is 5. The van der Waals surface area contributed by atoms with Gasteiger partial charge in [-0.3, -0.25) is 4.79 Å². The largest absolute Gasteiger partial charge is 0.394 e. The summed E-state index contributed by atoms with van der Waals surface area (Å²) in [5, 5.41) is 54.5. The van der Waals surface area contributed by atoms with E-state index >= 15 is 0 Å². The first kappa shape index (κ1) is 58.9. The van der Waals surface area contributed by atoms with Gasteiger partial charge >= 0.3 is 0 Å². The number of ether oxygens (including phenoxy) is 2. The first-order chi connectivity index (χ1) is 30.8. The molecule has 1 amide bonds. The van der Waals surface area contributed by atoms with E-state index in [0.717, 1.165) is 83.5 Å². The van der Waals surface area contributed by atoms with Crippen LogP contribution < -0.4 is 5.32 Å². The summed E-state index contributed by atoms with van der Waals surface area (Å²) in [4.78, 5) is 13.0. The SMILES string of the molecule is CC/C=C\C/C=C\C/C=C\C/C=C\C/C=C\CCCCCCCCCC(=O)NC(COC1OC(CO)C(O)C(O)C1O)C(O)CCCCCCCCCCCCCCCCCCC. The molecule has 9 nitrogen and oxygen atoms in total. The van der Waals surface area contributed by atoms with Gasteiger partial charge in [0.1, 0.15) is 24.4 Å². The first-order valence-electron chi connectivity index (χ1n) is 26.0. The van der Waals surface area contributed by atoms with Crippen molar-refractivity contribution in [2.45, 2.75) is 262 Å². The van der Waals surface area contributed by atoms with Crippen LogP contribution in [0.1, 0.15) is 219 Å². The van der Waals surface area contributed by atoms with Crippen molar-refractivity contribution in [3.8, 4) is 0 Å². The van der Waals surface area contributed by atoms with Gasteiger partial charge in [0.2, 0.25) is 5.91 Å². The van der Waals surface area contributed by atoms with Crippen molar-refractivity contribution < 1.29 is 39.8 Å². The molecule has 0 radical (unpaired) electrons. The highest BCUT2D eigenvalue weighted by Crippen LogP contribution is 2.23. The summed E-state index contributed by atoms with van der Waals surface area (Å²) in [6, 6.07) is -0.728. The van der Waals surface area contributed by atoms with Gasteiger partial charge in [-0.25, -0.2) is 0 Å². The highest BCUT2D eigenvalue weighted by Gasteiger charge is 2.44. The average molecular weight is 888 g/mol. The monoisotopic (exact) mass is 888 g/mol. The fourth-order valence-corrected chi connectivity index (χ4v) is 8.01. The lowest BCUT2D eigenvalue weighted by Gasteiger charge is -2.40. The average Bonchev–Trinajstić information content (AvgIpc) is 3.28. The summed E-state index contributed by atoms with van der Waals surface area (Å²) in [5.41, 5.74) is 0. The molecule has 0 aromatic rings. The van der Waals surface area contributed by atoms with E-state index in [1.807, 2.05) is 0 Å². The van der Waals surface area contributed by atoms with Crippen LogP contribution in [0.2, 0.25) is 0 Å². The second kappa shape index (κ2) is 43.8. The van der Waals surface area contributed by atoms with E-state index in [1.165, 1.54) is 109 Å². The lowest BCUT2D eigenvalue weighted by molar-refractivity contribution is -0.302. The van der Waals surface area contributed by atoms with Crippen molar-refractivity contribution in [2.24, 2.45) is 0 Å². The molecule has 0 aromatic heterocycles. The third-order valence-electron chi connectivity index (χ3n) is 12.1. The van der Waals surface area contributed by atoms with Crippen LogP contribution in [0.25, 0.3) is 0 Å². The first-order valence-corrected chi connectivity index (χ1v) is 26.0. The predicted molar refractivity (Wildman–Crippen MR) is 262 cm³/mol. The number of aliphatic hydroxyl groups excluding tert-OH is 5. The number of amides is 1. The molecule has 1 heterocycles. The molecule has 7 atom stereocenters. The molecule has 0 saturated carbocycles. The molecule has 0 aliphatic carbocycles. The van der Waals surface area contributed by atoms with Gasteiger partial charge in [0.15, 0.2) is 6.29 Å². The Morgan fingerprint density at radius 3 is 1.46 bits per heavy atom. The highest BCUT2D eigenvalue weighted by molar-refractivity contribution is 5.76. The van der Waals surface area contributed by atoms with Crippen molar-refractivity contribution in [3.63, 3.8) is 0 Å². The van der Waals surface area contributed by atoms with Crippen molar-refractivity contribution in [1.29, 1.82) is 0 Å². The molecule has 63 heavy (non-hydrogen) atoms.